The van der Waals surface area contributed by atoms with Crippen molar-refractivity contribution in [3.8, 4) is 0 Å². The second kappa shape index (κ2) is 8.58. The van der Waals surface area contributed by atoms with E-state index in [1.54, 1.807) is 36.4 Å². The molecule has 0 radical (unpaired) electrons. The Morgan fingerprint density at radius 2 is 1.22 bits per heavy atom. The van der Waals surface area contributed by atoms with E-state index in [0.29, 0.717) is 22.3 Å². The zero-order chi connectivity index (χ0) is 22.3. The average molecular weight is 473 g/mol. The number of benzene rings is 2. The number of carbonyl (C=O) groups excluding carboxylic acids is 2. The quantitative estimate of drug-likeness (QED) is 0.535. The topological polar surface area (TPSA) is 47.1 Å². The summed E-state index contributed by atoms with van der Waals surface area (Å²) in [5.41, 5.74) is 1.26. The molecule has 4 amide bonds. The van der Waals surface area contributed by atoms with Gasteiger partial charge in [-0.3, -0.25) is 14.7 Å². The van der Waals surface area contributed by atoms with Gasteiger partial charge in [0.05, 0.1) is 5.69 Å². The number of likely N-dealkylation sites (tertiary alicyclic amines) is 1. The van der Waals surface area contributed by atoms with Crippen LogP contribution in [-0.4, -0.2) is 47.3 Å². The van der Waals surface area contributed by atoms with Gasteiger partial charge >= 0.3 is 12.1 Å². The molecule has 3 aliphatic heterocycles. The lowest BCUT2D eigenvalue weighted by Gasteiger charge is -2.58. The van der Waals surface area contributed by atoms with Crippen molar-refractivity contribution in [2.75, 3.05) is 29.4 Å². The van der Waals surface area contributed by atoms with Crippen LogP contribution in [0.1, 0.15) is 38.5 Å². The van der Waals surface area contributed by atoms with Crippen molar-refractivity contribution in [2.24, 2.45) is 0 Å². The largest absolute Gasteiger partial charge is 0.340 e. The highest BCUT2D eigenvalue weighted by Gasteiger charge is 2.59. The summed E-state index contributed by atoms with van der Waals surface area (Å²) >= 11 is 12.2. The number of halogens is 2. The van der Waals surface area contributed by atoms with Gasteiger partial charge < -0.3 is 0 Å². The summed E-state index contributed by atoms with van der Waals surface area (Å²) in [5, 5.41) is 1.16. The number of hydrogen-bond acceptors (Lipinski definition) is 3. The number of rotatable bonds is 3. The van der Waals surface area contributed by atoms with Crippen LogP contribution in [0.2, 0.25) is 10.0 Å². The van der Waals surface area contributed by atoms with Gasteiger partial charge in [0.15, 0.2) is 5.79 Å². The molecule has 0 aromatic heterocycles. The number of carbonyl (C=O) groups is 2. The number of fused-ring (bicyclic) bond motifs is 1. The van der Waals surface area contributed by atoms with E-state index in [1.165, 1.54) is 4.90 Å². The normalized spacial score (nSPS) is 24.6. The molecule has 3 saturated heterocycles. The molecule has 3 heterocycles. The van der Waals surface area contributed by atoms with Gasteiger partial charge in [0.1, 0.15) is 0 Å². The third-order valence-electron chi connectivity index (χ3n) is 6.77. The molecule has 5 rings (SSSR count). The number of imide groups is 1. The molecule has 168 valence electrons. The highest BCUT2D eigenvalue weighted by atomic mass is 35.5. The number of amides is 4. The van der Waals surface area contributed by atoms with E-state index in [2.05, 4.69) is 4.90 Å². The molecule has 0 aliphatic carbocycles. The molecule has 0 bridgehead atoms. The smallest absolute Gasteiger partial charge is 0.287 e. The fourth-order valence-corrected chi connectivity index (χ4v) is 5.58. The van der Waals surface area contributed by atoms with Crippen LogP contribution < -0.4 is 9.80 Å². The first-order valence-corrected chi connectivity index (χ1v) is 12.0. The summed E-state index contributed by atoms with van der Waals surface area (Å²) in [5.74, 6) is -0.808. The Morgan fingerprint density at radius 1 is 0.656 bits per heavy atom. The van der Waals surface area contributed by atoms with Crippen molar-refractivity contribution in [1.29, 1.82) is 0 Å². The van der Waals surface area contributed by atoms with Crippen LogP contribution in [0.15, 0.2) is 48.5 Å². The van der Waals surface area contributed by atoms with E-state index in [4.69, 9.17) is 23.2 Å². The molecule has 8 heteroatoms. The minimum Gasteiger partial charge on any atom is -0.287 e. The van der Waals surface area contributed by atoms with E-state index in [9.17, 15) is 9.59 Å². The average Bonchev–Trinajstić information content (AvgIpc) is 3.24. The van der Waals surface area contributed by atoms with E-state index >= 15 is 0 Å². The van der Waals surface area contributed by atoms with Crippen molar-refractivity contribution in [2.45, 2.75) is 44.3 Å². The summed E-state index contributed by atoms with van der Waals surface area (Å²) in [7, 11) is 0. The van der Waals surface area contributed by atoms with Crippen molar-refractivity contribution in [1.82, 2.24) is 9.80 Å². The van der Waals surface area contributed by atoms with Crippen LogP contribution in [0.3, 0.4) is 0 Å². The van der Waals surface area contributed by atoms with Gasteiger partial charge in [0.2, 0.25) is 0 Å². The molecule has 0 saturated carbocycles. The van der Waals surface area contributed by atoms with E-state index < -0.39 is 5.79 Å². The molecule has 6 nitrogen and oxygen atoms in total. The molecular formula is C24H26Cl2N4O2. The van der Waals surface area contributed by atoms with Crippen molar-refractivity contribution < 1.29 is 9.59 Å². The maximum atomic E-state index is 14.1. The first kappa shape index (κ1) is 21.6. The molecule has 0 spiro atoms. The van der Waals surface area contributed by atoms with Crippen LogP contribution in [0, 0.1) is 0 Å². The van der Waals surface area contributed by atoms with Gasteiger partial charge in [-0.05, 0) is 74.2 Å². The Hall–Kier alpha value is -2.28. The van der Waals surface area contributed by atoms with Gasteiger partial charge in [-0.15, -0.1) is 0 Å². The Balaban J connectivity index is 1.70. The van der Waals surface area contributed by atoms with Crippen molar-refractivity contribution >= 4 is 46.6 Å². The van der Waals surface area contributed by atoms with Crippen LogP contribution in [0.5, 0.6) is 0 Å². The van der Waals surface area contributed by atoms with Crippen molar-refractivity contribution in [3.63, 3.8) is 0 Å². The molecule has 2 aromatic carbocycles. The van der Waals surface area contributed by atoms with Crippen LogP contribution in [-0.2, 0) is 0 Å². The van der Waals surface area contributed by atoms with E-state index in [1.807, 2.05) is 21.9 Å². The molecule has 3 fully saturated rings. The molecule has 1 atom stereocenters. The lowest BCUT2D eigenvalue weighted by atomic mass is 10.0. The molecule has 0 N–H and O–H groups in total. The summed E-state index contributed by atoms with van der Waals surface area (Å²) in [4.78, 5) is 35.4. The maximum absolute atomic E-state index is 14.1. The minimum absolute atomic E-state index is 0.267. The number of anilines is 2. The SMILES string of the molecule is O=C1N(c2ccc(Cl)cc2)C(=O)N(c2ccc(Cl)cc2)C2(N3CCCC3)CCCCCN12. The summed E-state index contributed by atoms with van der Waals surface area (Å²) < 4.78 is 0. The van der Waals surface area contributed by atoms with Gasteiger partial charge in [-0.25, -0.2) is 14.5 Å². The fraction of sp³-hybridized carbons (Fsp3) is 0.417. The standard InChI is InChI=1S/C24H26Cl2N4O2/c25-18-6-10-20(11-7-18)29-22(31)28-17-3-1-2-14-24(28,27-15-4-5-16-27)30(23(29)32)21-12-8-19(26)9-13-21/h6-13H,1-5,14-17H2. The third-order valence-corrected chi connectivity index (χ3v) is 7.28. The second-order valence-corrected chi connectivity index (χ2v) is 9.49. The Morgan fingerprint density at radius 3 is 1.84 bits per heavy atom. The van der Waals surface area contributed by atoms with Gasteiger partial charge in [-0.1, -0.05) is 29.6 Å². The molecular weight excluding hydrogens is 447 g/mol. The monoisotopic (exact) mass is 472 g/mol. The molecule has 32 heavy (non-hydrogen) atoms. The van der Waals surface area contributed by atoms with Gasteiger partial charge in [0.25, 0.3) is 0 Å². The maximum Gasteiger partial charge on any atom is 0.340 e. The highest BCUT2D eigenvalue weighted by molar-refractivity contribution is 6.31. The number of nitrogens with zero attached hydrogens (tertiary/aromatic N) is 4. The zero-order valence-electron chi connectivity index (χ0n) is 17.8. The number of hydrogen-bond donors (Lipinski definition) is 0. The Kier molecular flexibility index (Phi) is 5.78. The fourth-order valence-electron chi connectivity index (χ4n) is 5.32. The third kappa shape index (κ3) is 3.45. The lowest BCUT2D eigenvalue weighted by Crippen LogP contribution is -2.79. The first-order chi connectivity index (χ1) is 15.5. The van der Waals surface area contributed by atoms with Gasteiger partial charge in [-0.2, -0.15) is 0 Å². The summed E-state index contributed by atoms with van der Waals surface area (Å²) in [6, 6.07) is 13.6. The zero-order valence-corrected chi connectivity index (χ0v) is 19.4. The summed E-state index contributed by atoms with van der Waals surface area (Å²) in [6.07, 6.45) is 5.75. The van der Waals surface area contributed by atoms with Crippen molar-refractivity contribution in [3.05, 3.63) is 58.6 Å². The second-order valence-electron chi connectivity index (χ2n) is 8.62. The Bertz CT molecular complexity index is 1010. The highest BCUT2D eigenvalue weighted by Crippen LogP contribution is 2.44. The predicted molar refractivity (Wildman–Crippen MR) is 127 cm³/mol. The lowest BCUT2D eigenvalue weighted by molar-refractivity contribution is -0.0211. The van der Waals surface area contributed by atoms with Gasteiger partial charge in [0, 0.05) is 41.8 Å². The van der Waals surface area contributed by atoms with Crippen LogP contribution in [0.25, 0.3) is 0 Å². The summed E-state index contributed by atoms with van der Waals surface area (Å²) in [6.45, 7) is 2.33. The van der Waals surface area contributed by atoms with Crippen LogP contribution >= 0.6 is 23.2 Å². The first-order valence-electron chi connectivity index (χ1n) is 11.2. The molecule has 1 unspecified atom stereocenters. The molecule has 2 aromatic rings. The minimum atomic E-state index is -0.808. The Labute approximate surface area is 198 Å². The molecule has 3 aliphatic rings. The van der Waals surface area contributed by atoms with E-state index in [-0.39, 0.29) is 12.1 Å². The van der Waals surface area contributed by atoms with E-state index in [0.717, 1.165) is 57.3 Å². The number of urea groups is 2. The van der Waals surface area contributed by atoms with Crippen LogP contribution in [0.4, 0.5) is 21.0 Å². The predicted octanol–water partition coefficient (Wildman–Crippen LogP) is 6.19.